The molecule has 0 radical (unpaired) electrons. The van der Waals surface area contributed by atoms with Gasteiger partial charge in [0.15, 0.2) is 0 Å². The van der Waals surface area contributed by atoms with E-state index < -0.39 is 11.8 Å². The molecule has 2 aromatic carbocycles. The topological polar surface area (TPSA) is 50.1 Å². The van der Waals surface area contributed by atoms with E-state index in [1.54, 1.807) is 24.3 Å². The number of carbonyl (C=O) groups is 1. The van der Waals surface area contributed by atoms with Gasteiger partial charge in [-0.2, -0.15) is 5.26 Å². The van der Waals surface area contributed by atoms with Crippen molar-refractivity contribution >= 4 is 33.7 Å². The van der Waals surface area contributed by atoms with Crippen molar-refractivity contribution in [3.63, 3.8) is 0 Å². The molecule has 0 bridgehead atoms. The number of nitriles is 1. The van der Waals surface area contributed by atoms with E-state index in [0.717, 1.165) is 10.0 Å². The lowest BCUT2D eigenvalue weighted by molar-refractivity contribution is 0.0717. The average Bonchev–Trinajstić information content (AvgIpc) is 2.81. The molecule has 1 aliphatic heterocycles. The van der Waals surface area contributed by atoms with E-state index in [2.05, 4.69) is 15.9 Å². The molecule has 3 rings (SSSR count). The second-order valence-electron chi connectivity index (χ2n) is 4.84. The lowest BCUT2D eigenvalue weighted by Gasteiger charge is -2.05. The number of rotatable bonds is 1. The van der Waals surface area contributed by atoms with Crippen LogP contribution >= 0.6 is 15.9 Å². The summed E-state index contributed by atoms with van der Waals surface area (Å²) in [6.45, 7) is 1.88. The molecular weight excluding hydrogens is 349 g/mol. The molecule has 0 aromatic heterocycles. The van der Waals surface area contributed by atoms with Gasteiger partial charge in [-0.05, 0) is 48.4 Å². The summed E-state index contributed by atoms with van der Waals surface area (Å²) in [6, 6.07) is 9.45. The highest BCUT2D eigenvalue weighted by atomic mass is 79.9. The molecule has 3 nitrogen and oxygen atoms in total. The molecule has 0 saturated carbocycles. The van der Waals surface area contributed by atoms with E-state index >= 15 is 0 Å². The molecule has 0 spiro atoms. The van der Waals surface area contributed by atoms with E-state index in [1.807, 2.05) is 6.92 Å². The molecule has 0 fully saturated rings. The Morgan fingerprint density at radius 1 is 1.32 bits per heavy atom. The molecule has 2 aromatic rings. The Kier molecular flexibility index (Phi) is 3.55. The molecular formula is C17H9BrFNO2. The van der Waals surface area contributed by atoms with Gasteiger partial charge < -0.3 is 4.74 Å². The third-order valence-corrected chi connectivity index (χ3v) is 4.34. The van der Waals surface area contributed by atoms with Crippen molar-refractivity contribution in [1.82, 2.24) is 0 Å². The predicted octanol–water partition coefficient (Wildman–Crippen LogP) is 4.44. The Balaban J connectivity index is 2.15. The molecule has 0 unspecified atom stereocenters. The van der Waals surface area contributed by atoms with Crippen LogP contribution in [0.15, 0.2) is 34.8 Å². The van der Waals surface area contributed by atoms with Gasteiger partial charge in [0.1, 0.15) is 17.6 Å². The zero-order valence-corrected chi connectivity index (χ0v) is 13.1. The molecule has 1 heterocycles. The van der Waals surface area contributed by atoms with Crippen molar-refractivity contribution in [2.75, 3.05) is 0 Å². The first kappa shape index (κ1) is 14.5. The number of benzene rings is 2. The highest BCUT2D eigenvalue weighted by Crippen LogP contribution is 2.36. The first-order valence-corrected chi connectivity index (χ1v) is 7.23. The normalized spacial score (nSPS) is 14.6. The van der Waals surface area contributed by atoms with Gasteiger partial charge in [0.05, 0.1) is 11.1 Å². The van der Waals surface area contributed by atoms with Crippen molar-refractivity contribution in [2.24, 2.45) is 0 Å². The summed E-state index contributed by atoms with van der Waals surface area (Å²) < 4.78 is 19.5. The fourth-order valence-electron chi connectivity index (χ4n) is 2.35. The first-order chi connectivity index (χ1) is 10.5. The number of hydrogen-bond donors (Lipinski definition) is 0. The van der Waals surface area contributed by atoms with Gasteiger partial charge in [-0.15, -0.1) is 0 Å². The minimum absolute atomic E-state index is 0.0511. The van der Waals surface area contributed by atoms with E-state index in [4.69, 9.17) is 10.00 Å². The Hall–Kier alpha value is -2.45. The maximum absolute atomic E-state index is 13.4. The molecule has 22 heavy (non-hydrogen) atoms. The van der Waals surface area contributed by atoms with Crippen LogP contribution in [-0.4, -0.2) is 5.97 Å². The zero-order chi connectivity index (χ0) is 15.9. The van der Waals surface area contributed by atoms with E-state index in [1.165, 1.54) is 18.2 Å². The van der Waals surface area contributed by atoms with E-state index in [0.29, 0.717) is 22.4 Å². The standard InChI is InChI=1S/C17H9BrFNO2/c1-9-13(18)4-3-12-16(9)15(22-17(12)21)7-10-2-5-14(19)11(6-10)8-20/h2-7H,1H3. The largest absolute Gasteiger partial charge is 0.422 e. The van der Waals surface area contributed by atoms with Crippen LogP contribution in [0.4, 0.5) is 4.39 Å². The molecule has 0 atom stereocenters. The van der Waals surface area contributed by atoms with Crippen molar-refractivity contribution in [3.8, 4) is 6.07 Å². The fourth-order valence-corrected chi connectivity index (χ4v) is 2.68. The summed E-state index contributed by atoms with van der Waals surface area (Å²) in [4.78, 5) is 11.9. The lowest BCUT2D eigenvalue weighted by atomic mass is 10.0. The maximum Gasteiger partial charge on any atom is 0.344 e. The quantitative estimate of drug-likeness (QED) is 0.709. The van der Waals surface area contributed by atoms with Crippen LogP contribution in [0.3, 0.4) is 0 Å². The van der Waals surface area contributed by atoms with Gasteiger partial charge in [-0.25, -0.2) is 9.18 Å². The molecule has 5 heteroatoms. The van der Waals surface area contributed by atoms with Gasteiger partial charge in [-0.1, -0.05) is 22.0 Å². The Morgan fingerprint density at radius 2 is 2.09 bits per heavy atom. The van der Waals surface area contributed by atoms with Gasteiger partial charge in [0, 0.05) is 10.0 Å². The second kappa shape index (κ2) is 5.39. The SMILES string of the molecule is Cc1c(Br)ccc2c1C(=Cc1ccc(F)c(C#N)c1)OC2=O. The molecule has 108 valence electrons. The number of fused-ring (bicyclic) bond motifs is 1. The lowest BCUT2D eigenvalue weighted by Crippen LogP contribution is -1.93. The third-order valence-electron chi connectivity index (χ3n) is 3.48. The summed E-state index contributed by atoms with van der Waals surface area (Å²) in [5.41, 5.74) is 2.63. The smallest absolute Gasteiger partial charge is 0.344 e. The summed E-state index contributed by atoms with van der Waals surface area (Å²) in [5, 5.41) is 8.88. The van der Waals surface area contributed by atoms with Crippen LogP contribution in [-0.2, 0) is 4.74 Å². The molecule has 0 saturated heterocycles. The molecule has 0 aliphatic carbocycles. The van der Waals surface area contributed by atoms with Gasteiger partial charge in [-0.3, -0.25) is 0 Å². The fraction of sp³-hybridized carbons (Fsp3) is 0.0588. The second-order valence-corrected chi connectivity index (χ2v) is 5.70. The summed E-state index contributed by atoms with van der Waals surface area (Å²) >= 11 is 3.43. The van der Waals surface area contributed by atoms with Crippen LogP contribution in [0.2, 0.25) is 0 Å². The van der Waals surface area contributed by atoms with Crippen LogP contribution in [0.1, 0.15) is 32.6 Å². The van der Waals surface area contributed by atoms with E-state index in [-0.39, 0.29) is 5.56 Å². The Morgan fingerprint density at radius 3 is 2.82 bits per heavy atom. The van der Waals surface area contributed by atoms with Gasteiger partial charge >= 0.3 is 5.97 Å². The van der Waals surface area contributed by atoms with Crippen LogP contribution in [0.5, 0.6) is 0 Å². The minimum Gasteiger partial charge on any atom is -0.422 e. The zero-order valence-electron chi connectivity index (χ0n) is 11.5. The predicted molar refractivity (Wildman–Crippen MR) is 83.3 cm³/mol. The van der Waals surface area contributed by atoms with Crippen LogP contribution in [0.25, 0.3) is 11.8 Å². The van der Waals surface area contributed by atoms with Crippen molar-refractivity contribution in [2.45, 2.75) is 6.92 Å². The number of nitrogens with zero attached hydrogens (tertiary/aromatic N) is 1. The number of cyclic esters (lactones) is 1. The minimum atomic E-state index is -0.576. The maximum atomic E-state index is 13.4. The molecule has 0 amide bonds. The summed E-state index contributed by atoms with van der Waals surface area (Å²) in [6.07, 6.45) is 1.63. The van der Waals surface area contributed by atoms with Gasteiger partial charge in [0.2, 0.25) is 0 Å². The van der Waals surface area contributed by atoms with Crippen LogP contribution < -0.4 is 0 Å². The monoisotopic (exact) mass is 357 g/mol. The first-order valence-electron chi connectivity index (χ1n) is 6.44. The highest BCUT2D eigenvalue weighted by Gasteiger charge is 2.28. The van der Waals surface area contributed by atoms with E-state index in [9.17, 15) is 9.18 Å². The van der Waals surface area contributed by atoms with Crippen LogP contribution in [0, 0.1) is 24.1 Å². The summed E-state index contributed by atoms with van der Waals surface area (Å²) in [5.74, 6) is -0.596. The molecule has 1 aliphatic rings. The number of hydrogen-bond acceptors (Lipinski definition) is 3. The highest BCUT2D eigenvalue weighted by molar-refractivity contribution is 9.10. The number of ether oxygens (including phenoxy) is 1. The Bertz CT molecular complexity index is 881. The van der Waals surface area contributed by atoms with Crippen molar-refractivity contribution in [1.29, 1.82) is 5.26 Å². The summed E-state index contributed by atoms with van der Waals surface area (Å²) in [7, 11) is 0. The molecule has 0 N–H and O–H groups in total. The van der Waals surface area contributed by atoms with Crippen molar-refractivity contribution < 1.29 is 13.9 Å². The average molecular weight is 358 g/mol. The number of carbonyl (C=O) groups excluding carboxylic acids is 1. The van der Waals surface area contributed by atoms with Gasteiger partial charge in [0.25, 0.3) is 0 Å². The third kappa shape index (κ3) is 2.32. The number of esters is 1. The Labute approximate surface area is 134 Å². The van der Waals surface area contributed by atoms with Crippen molar-refractivity contribution in [3.05, 3.63) is 68.4 Å². The number of halogens is 2.